The molecule has 1 saturated heterocycles. The first-order valence-electron chi connectivity index (χ1n) is 8.50. The summed E-state index contributed by atoms with van der Waals surface area (Å²) in [5.74, 6) is -0.358. The number of fused-ring (bicyclic) bond motifs is 2. The van der Waals surface area contributed by atoms with Gasteiger partial charge in [-0.05, 0) is 30.8 Å². The summed E-state index contributed by atoms with van der Waals surface area (Å²) >= 11 is 6.24. The normalized spacial score (nSPS) is 26.9. The van der Waals surface area contributed by atoms with Crippen molar-refractivity contribution in [1.82, 2.24) is 4.90 Å². The number of nitrogens with one attached hydrogen (secondary N) is 1. The minimum absolute atomic E-state index is 0.339. The van der Waals surface area contributed by atoms with Crippen LogP contribution < -0.4 is 10.1 Å². The van der Waals surface area contributed by atoms with Gasteiger partial charge in [-0.3, -0.25) is 19.8 Å². The van der Waals surface area contributed by atoms with Crippen molar-refractivity contribution < 1.29 is 14.5 Å². The Morgan fingerprint density at radius 3 is 2.74 bits per heavy atom. The lowest BCUT2D eigenvalue weighted by Gasteiger charge is -2.30. The van der Waals surface area contributed by atoms with Gasteiger partial charge in [-0.25, -0.2) is 0 Å². The van der Waals surface area contributed by atoms with Gasteiger partial charge in [-0.2, -0.15) is 0 Å². The molecule has 1 spiro atoms. The summed E-state index contributed by atoms with van der Waals surface area (Å²) in [5.41, 5.74) is 0.622. The average Bonchev–Trinajstić information content (AvgIpc) is 3.11. The third kappa shape index (κ3) is 2.35. The number of amides is 1. The first-order valence-corrected chi connectivity index (χ1v) is 8.88. The number of para-hydroxylation sites is 1. The maximum absolute atomic E-state index is 13.0. The molecular formula is C19H18ClN3O4. The van der Waals surface area contributed by atoms with Crippen molar-refractivity contribution in [3.63, 3.8) is 0 Å². The standard InChI is InChI=1S/C19H18ClN3O4/c1-22-10-12(11-7-8-16(27-2)14(20)9-11)17(23(25)26)19(22)13-5-3-4-6-15(13)21-18(19)24/h3-9,12,17H,10H2,1-2H3,(H,21,24)/t12-,17+,19-/m0/s1. The Morgan fingerprint density at radius 1 is 1.33 bits per heavy atom. The molecule has 0 aromatic heterocycles. The Morgan fingerprint density at radius 2 is 2.07 bits per heavy atom. The molecule has 2 aromatic rings. The number of hydrogen-bond donors (Lipinski definition) is 1. The number of nitrogens with zero attached hydrogens (tertiary/aromatic N) is 2. The number of rotatable bonds is 3. The van der Waals surface area contributed by atoms with Crippen molar-refractivity contribution >= 4 is 23.2 Å². The highest BCUT2D eigenvalue weighted by atomic mass is 35.5. The Bertz CT molecular complexity index is 950. The van der Waals surface area contributed by atoms with E-state index in [2.05, 4.69) is 5.32 Å². The summed E-state index contributed by atoms with van der Waals surface area (Å²) in [7, 11) is 3.27. The number of carbonyl (C=O) groups excluding carboxylic acids is 1. The molecule has 1 fully saturated rings. The van der Waals surface area contributed by atoms with Crippen LogP contribution in [0.1, 0.15) is 17.0 Å². The second-order valence-corrected chi connectivity index (χ2v) is 7.28. The monoisotopic (exact) mass is 387 g/mol. The van der Waals surface area contributed by atoms with E-state index in [9.17, 15) is 14.9 Å². The minimum atomic E-state index is -1.35. The summed E-state index contributed by atoms with van der Waals surface area (Å²) in [4.78, 5) is 26.7. The van der Waals surface area contributed by atoms with Gasteiger partial charge in [0, 0.05) is 22.7 Å². The molecule has 3 atom stereocenters. The molecule has 1 amide bonds. The lowest BCUT2D eigenvalue weighted by Crippen LogP contribution is -2.54. The number of likely N-dealkylation sites (N-methyl/N-ethyl adjacent to an activating group) is 1. The van der Waals surface area contributed by atoms with Crippen LogP contribution in [-0.4, -0.2) is 42.5 Å². The highest BCUT2D eigenvalue weighted by Crippen LogP contribution is 2.52. The van der Waals surface area contributed by atoms with Crippen molar-refractivity contribution in [3.8, 4) is 5.75 Å². The molecule has 0 radical (unpaired) electrons. The highest BCUT2D eigenvalue weighted by molar-refractivity contribution is 6.32. The zero-order valence-electron chi connectivity index (χ0n) is 14.8. The zero-order valence-corrected chi connectivity index (χ0v) is 15.6. The Hall–Kier alpha value is -2.64. The molecule has 2 aliphatic heterocycles. The average molecular weight is 388 g/mol. The summed E-state index contributed by atoms with van der Waals surface area (Å²) in [6, 6.07) is 11.2. The van der Waals surface area contributed by atoms with Gasteiger partial charge in [0.15, 0.2) is 5.54 Å². The fourth-order valence-electron chi connectivity index (χ4n) is 4.49. The molecule has 2 heterocycles. The topological polar surface area (TPSA) is 84.7 Å². The van der Waals surface area contributed by atoms with E-state index < -0.39 is 17.5 Å². The van der Waals surface area contributed by atoms with E-state index in [1.165, 1.54) is 7.11 Å². The van der Waals surface area contributed by atoms with E-state index >= 15 is 0 Å². The number of benzene rings is 2. The second-order valence-electron chi connectivity index (χ2n) is 6.88. The highest BCUT2D eigenvalue weighted by Gasteiger charge is 2.68. The first kappa shape index (κ1) is 17.8. The lowest BCUT2D eigenvalue weighted by molar-refractivity contribution is -0.534. The van der Waals surface area contributed by atoms with Gasteiger partial charge in [0.25, 0.3) is 11.9 Å². The number of likely N-dealkylation sites (tertiary alicyclic amines) is 1. The van der Waals surface area contributed by atoms with Crippen LogP contribution in [0.5, 0.6) is 5.75 Å². The van der Waals surface area contributed by atoms with Gasteiger partial charge < -0.3 is 10.1 Å². The summed E-state index contributed by atoms with van der Waals surface area (Å²) in [6.45, 7) is 0.357. The van der Waals surface area contributed by atoms with Crippen molar-refractivity contribution in [3.05, 3.63) is 68.7 Å². The van der Waals surface area contributed by atoms with Crippen molar-refractivity contribution in [2.75, 3.05) is 26.0 Å². The van der Waals surface area contributed by atoms with Crippen LogP contribution in [0, 0.1) is 10.1 Å². The number of carbonyl (C=O) groups is 1. The van der Waals surface area contributed by atoms with Crippen molar-refractivity contribution in [2.24, 2.45) is 0 Å². The molecule has 0 unspecified atom stereocenters. The van der Waals surface area contributed by atoms with Crippen LogP contribution in [0.15, 0.2) is 42.5 Å². The third-order valence-electron chi connectivity index (χ3n) is 5.65. The van der Waals surface area contributed by atoms with Gasteiger partial charge in [-0.15, -0.1) is 0 Å². The number of halogens is 1. The van der Waals surface area contributed by atoms with E-state index in [0.717, 1.165) is 0 Å². The fraction of sp³-hybridized carbons (Fsp3) is 0.316. The van der Waals surface area contributed by atoms with E-state index in [0.29, 0.717) is 34.1 Å². The first-order chi connectivity index (χ1) is 12.9. The van der Waals surface area contributed by atoms with E-state index in [-0.39, 0.29) is 10.8 Å². The zero-order chi connectivity index (χ0) is 19.3. The van der Waals surface area contributed by atoms with Crippen LogP contribution in [0.3, 0.4) is 0 Å². The number of methoxy groups -OCH3 is 1. The predicted octanol–water partition coefficient (Wildman–Crippen LogP) is 2.87. The molecule has 0 aliphatic carbocycles. The molecule has 2 aromatic carbocycles. The van der Waals surface area contributed by atoms with Gasteiger partial charge in [0.05, 0.1) is 18.1 Å². The van der Waals surface area contributed by atoms with Gasteiger partial charge in [-0.1, -0.05) is 35.9 Å². The number of hydrogen-bond acceptors (Lipinski definition) is 5. The fourth-order valence-corrected chi connectivity index (χ4v) is 4.76. The Kier molecular flexibility index (Phi) is 4.09. The summed E-state index contributed by atoms with van der Waals surface area (Å²) in [5, 5.41) is 15.4. The molecule has 27 heavy (non-hydrogen) atoms. The van der Waals surface area contributed by atoms with Gasteiger partial charge >= 0.3 is 0 Å². The van der Waals surface area contributed by atoms with Gasteiger partial charge in [0.1, 0.15) is 5.75 Å². The smallest absolute Gasteiger partial charge is 0.256 e. The number of nitro groups is 1. The molecule has 0 bridgehead atoms. The largest absolute Gasteiger partial charge is 0.495 e. The van der Waals surface area contributed by atoms with Crippen LogP contribution in [0.4, 0.5) is 5.69 Å². The molecule has 1 N–H and O–H groups in total. The third-order valence-corrected chi connectivity index (χ3v) is 5.94. The minimum Gasteiger partial charge on any atom is -0.495 e. The van der Waals surface area contributed by atoms with Crippen LogP contribution in [-0.2, 0) is 10.3 Å². The quantitative estimate of drug-likeness (QED) is 0.646. The molecule has 4 rings (SSSR count). The molecule has 140 valence electrons. The molecule has 2 aliphatic rings. The Balaban J connectivity index is 1.87. The van der Waals surface area contributed by atoms with E-state index in [1.54, 1.807) is 54.4 Å². The maximum Gasteiger partial charge on any atom is 0.256 e. The number of ether oxygens (including phenoxy) is 1. The van der Waals surface area contributed by atoms with Crippen LogP contribution >= 0.6 is 11.6 Å². The molecule has 0 saturated carbocycles. The summed E-state index contributed by atoms with van der Waals surface area (Å²) in [6.07, 6.45) is 0. The van der Waals surface area contributed by atoms with E-state index in [1.807, 2.05) is 0 Å². The van der Waals surface area contributed by atoms with Crippen LogP contribution in [0.25, 0.3) is 0 Å². The Labute approximate surface area is 161 Å². The lowest BCUT2D eigenvalue weighted by atomic mass is 9.79. The second kappa shape index (κ2) is 6.21. The van der Waals surface area contributed by atoms with Crippen molar-refractivity contribution in [1.29, 1.82) is 0 Å². The van der Waals surface area contributed by atoms with Gasteiger partial charge in [0.2, 0.25) is 0 Å². The predicted molar refractivity (Wildman–Crippen MR) is 101 cm³/mol. The number of anilines is 1. The molecule has 7 nitrogen and oxygen atoms in total. The van der Waals surface area contributed by atoms with Crippen molar-refractivity contribution in [2.45, 2.75) is 17.5 Å². The summed E-state index contributed by atoms with van der Waals surface area (Å²) < 4.78 is 5.17. The van der Waals surface area contributed by atoms with Crippen LogP contribution in [0.2, 0.25) is 5.02 Å². The van der Waals surface area contributed by atoms with E-state index in [4.69, 9.17) is 16.3 Å². The SMILES string of the molecule is COc1ccc([C@@H]2CN(C)[C@]3(C(=O)Nc4ccccc43)[C@@H]2[N+](=O)[O-])cc1Cl. The maximum atomic E-state index is 13.0. The molecular weight excluding hydrogens is 370 g/mol. The molecule has 8 heteroatoms.